The molecule has 0 aromatic rings. The van der Waals surface area contributed by atoms with Crippen molar-refractivity contribution in [1.82, 2.24) is 4.90 Å². The van der Waals surface area contributed by atoms with Gasteiger partial charge in [0.15, 0.2) is 0 Å². The highest BCUT2D eigenvalue weighted by Crippen LogP contribution is 2.22. The predicted octanol–water partition coefficient (Wildman–Crippen LogP) is 0.981. The van der Waals surface area contributed by atoms with Crippen molar-refractivity contribution in [2.24, 2.45) is 17.1 Å². The van der Waals surface area contributed by atoms with Crippen molar-refractivity contribution in [3.63, 3.8) is 0 Å². The summed E-state index contributed by atoms with van der Waals surface area (Å²) in [7, 11) is 0. The van der Waals surface area contributed by atoms with Gasteiger partial charge in [-0.2, -0.15) is 0 Å². The fraction of sp³-hybridized carbons (Fsp3) is 0.923. The summed E-state index contributed by atoms with van der Waals surface area (Å²) in [6.07, 6.45) is 2.20. The maximum absolute atomic E-state index is 12.0. The summed E-state index contributed by atoms with van der Waals surface area (Å²) >= 11 is 0. The summed E-state index contributed by atoms with van der Waals surface area (Å²) in [4.78, 5) is 13.8. The molecule has 4 heteroatoms. The molecule has 1 aliphatic rings. The van der Waals surface area contributed by atoms with Crippen molar-refractivity contribution >= 4 is 5.91 Å². The van der Waals surface area contributed by atoms with Crippen LogP contribution in [0.4, 0.5) is 0 Å². The molecule has 0 aliphatic carbocycles. The smallest absolute Gasteiger partial charge is 0.224 e. The number of rotatable bonds is 4. The lowest BCUT2D eigenvalue weighted by atomic mass is 9.87. The van der Waals surface area contributed by atoms with Gasteiger partial charge in [-0.05, 0) is 18.3 Å². The Kier molecular flexibility index (Phi) is 4.95. The zero-order valence-electron chi connectivity index (χ0n) is 11.3. The Labute approximate surface area is 104 Å². The largest absolute Gasteiger partial charge is 0.396 e. The molecule has 1 fully saturated rings. The van der Waals surface area contributed by atoms with Crippen LogP contribution < -0.4 is 5.73 Å². The first-order valence-electron chi connectivity index (χ1n) is 6.46. The van der Waals surface area contributed by atoms with Crippen LogP contribution in [0.5, 0.6) is 0 Å². The fourth-order valence-corrected chi connectivity index (χ4v) is 2.42. The average molecular weight is 242 g/mol. The summed E-state index contributed by atoms with van der Waals surface area (Å²) < 4.78 is 0. The number of carbonyl (C=O) groups excluding carboxylic acids is 1. The second-order valence-electron chi connectivity index (χ2n) is 6.41. The first-order chi connectivity index (χ1) is 7.81. The van der Waals surface area contributed by atoms with Gasteiger partial charge in [0.25, 0.3) is 0 Å². The molecule has 1 heterocycles. The van der Waals surface area contributed by atoms with Crippen LogP contribution in [0.3, 0.4) is 0 Å². The highest BCUT2D eigenvalue weighted by atomic mass is 16.3. The highest BCUT2D eigenvalue weighted by Gasteiger charge is 2.27. The lowest BCUT2D eigenvalue weighted by molar-refractivity contribution is -0.130. The molecule has 0 aromatic carbocycles. The fourth-order valence-electron chi connectivity index (χ4n) is 2.42. The molecule has 0 saturated carbocycles. The Hall–Kier alpha value is -0.610. The Morgan fingerprint density at radius 2 is 2.18 bits per heavy atom. The molecule has 0 bridgehead atoms. The summed E-state index contributed by atoms with van der Waals surface area (Å²) in [6, 6.07) is -0.0596. The maximum atomic E-state index is 12.0. The van der Waals surface area contributed by atoms with E-state index in [1.807, 2.05) is 4.90 Å². The lowest BCUT2D eigenvalue weighted by Crippen LogP contribution is -2.36. The van der Waals surface area contributed by atoms with Crippen molar-refractivity contribution in [3.05, 3.63) is 0 Å². The summed E-state index contributed by atoms with van der Waals surface area (Å²) in [6.45, 7) is 8.04. The van der Waals surface area contributed by atoms with E-state index in [-0.39, 0.29) is 29.9 Å². The van der Waals surface area contributed by atoms with Gasteiger partial charge in [-0.1, -0.05) is 20.8 Å². The van der Waals surface area contributed by atoms with Crippen molar-refractivity contribution in [1.29, 1.82) is 0 Å². The quantitative estimate of drug-likeness (QED) is 0.772. The van der Waals surface area contributed by atoms with Crippen LogP contribution in [0.2, 0.25) is 0 Å². The third kappa shape index (κ3) is 5.04. The molecule has 0 radical (unpaired) electrons. The van der Waals surface area contributed by atoms with Crippen LogP contribution in [-0.2, 0) is 4.79 Å². The molecule has 4 nitrogen and oxygen atoms in total. The minimum Gasteiger partial charge on any atom is -0.396 e. The Morgan fingerprint density at radius 3 is 2.65 bits per heavy atom. The normalized spacial score (nSPS) is 22.9. The number of carbonyl (C=O) groups is 1. The Morgan fingerprint density at radius 1 is 1.53 bits per heavy atom. The molecule has 2 unspecified atom stereocenters. The number of aliphatic hydroxyl groups excluding tert-OH is 1. The Bertz CT molecular complexity index is 261. The van der Waals surface area contributed by atoms with E-state index in [9.17, 15) is 4.79 Å². The molecular formula is C13H26N2O2. The van der Waals surface area contributed by atoms with Crippen LogP contribution in [-0.4, -0.2) is 41.7 Å². The molecule has 1 saturated heterocycles. The monoisotopic (exact) mass is 242 g/mol. The van der Waals surface area contributed by atoms with E-state index in [0.717, 1.165) is 19.4 Å². The third-order valence-electron chi connectivity index (χ3n) is 3.21. The van der Waals surface area contributed by atoms with Crippen LogP contribution in [0.25, 0.3) is 0 Å². The molecule has 1 amide bonds. The van der Waals surface area contributed by atoms with Crippen molar-refractivity contribution in [2.75, 3.05) is 19.7 Å². The summed E-state index contributed by atoms with van der Waals surface area (Å²) in [5, 5.41) is 9.04. The SMILES string of the molecule is CC(C)(C)CC(N)CC(=O)N1CCC(CO)C1. The van der Waals surface area contributed by atoms with Crippen LogP contribution in [0, 0.1) is 11.3 Å². The number of hydrogen-bond acceptors (Lipinski definition) is 3. The van der Waals surface area contributed by atoms with Crippen molar-refractivity contribution < 1.29 is 9.90 Å². The van der Waals surface area contributed by atoms with Gasteiger partial charge in [0.05, 0.1) is 0 Å². The number of likely N-dealkylation sites (tertiary alicyclic amines) is 1. The van der Waals surface area contributed by atoms with Crippen LogP contribution in [0.1, 0.15) is 40.0 Å². The number of hydrogen-bond donors (Lipinski definition) is 2. The maximum Gasteiger partial charge on any atom is 0.224 e. The molecule has 3 N–H and O–H groups in total. The van der Waals surface area contributed by atoms with E-state index < -0.39 is 0 Å². The third-order valence-corrected chi connectivity index (χ3v) is 3.21. The van der Waals surface area contributed by atoms with Gasteiger partial charge in [-0.25, -0.2) is 0 Å². The molecule has 1 aliphatic heterocycles. The van der Waals surface area contributed by atoms with E-state index in [1.54, 1.807) is 0 Å². The van der Waals surface area contributed by atoms with Gasteiger partial charge < -0.3 is 15.7 Å². The zero-order chi connectivity index (χ0) is 13.1. The average Bonchev–Trinajstić information content (AvgIpc) is 2.62. The van der Waals surface area contributed by atoms with Gasteiger partial charge in [-0.3, -0.25) is 4.79 Å². The van der Waals surface area contributed by atoms with Crippen molar-refractivity contribution in [3.8, 4) is 0 Å². The second kappa shape index (κ2) is 5.83. The lowest BCUT2D eigenvalue weighted by Gasteiger charge is -2.24. The molecule has 2 atom stereocenters. The van der Waals surface area contributed by atoms with E-state index in [1.165, 1.54) is 0 Å². The molecule has 100 valence electrons. The molecule has 0 aromatic heterocycles. The van der Waals surface area contributed by atoms with E-state index in [0.29, 0.717) is 13.0 Å². The van der Waals surface area contributed by atoms with Gasteiger partial charge in [0, 0.05) is 38.1 Å². The van der Waals surface area contributed by atoms with Gasteiger partial charge in [0.2, 0.25) is 5.91 Å². The first kappa shape index (κ1) is 14.5. The minimum absolute atomic E-state index is 0.0596. The number of aliphatic hydroxyl groups is 1. The van der Waals surface area contributed by atoms with Gasteiger partial charge in [-0.15, -0.1) is 0 Å². The number of amides is 1. The highest BCUT2D eigenvalue weighted by molar-refractivity contribution is 5.77. The predicted molar refractivity (Wildman–Crippen MR) is 68.4 cm³/mol. The first-order valence-corrected chi connectivity index (χ1v) is 6.46. The standard InChI is InChI=1S/C13H26N2O2/c1-13(2,3)7-11(14)6-12(17)15-5-4-10(8-15)9-16/h10-11,16H,4-9,14H2,1-3H3. The minimum atomic E-state index is -0.0596. The number of nitrogens with two attached hydrogens (primary N) is 1. The molecule has 0 spiro atoms. The van der Waals surface area contributed by atoms with E-state index >= 15 is 0 Å². The Balaban J connectivity index is 2.34. The van der Waals surface area contributed by atoms with Crippen molar-refractivity contribution in [2.45, 2.75) is 46.1 Å². The topological polar surface area (TPSA) is 66.6 Å². The summed E-state index contributed by atoms with van der Waals surface area (Å²) in [5.41, 5.74) is 6.16. The molecular weight excluding hydrogens is 216 g/mol. The molecule has 17 heavy (non-hydrogen) atoms. The second-order valence-corrected chi connectivity index (χ2v) is 6.41. The van der Waals surface area contributed by atoms with Gasteiger partial charge >= 0.3 is 0 Å². The zero-order valence-corrected chi connectivity index (χ0v) is 11.3. The van der Waals surface area contributed by atoms with Crippen LogP contribution >= 0.6 is 0 Å². The number of nitrogens with zero attached hydrogens (tertiary/aromatic N) is 1. The van der Waals surface area contributed by atoms with Gasteiger partial charge in [0.1, 0.15) is 0 Å². The van der Waals surface area contributed by atoms with E-state index in [4.69, 9.17) is 10.8 Å². The summed E-state index contributed by atoms with van der Waals surface area (Å²) in [5.74, 6) is 0.399. The van der Waals surface area contributed by atoms with Crippen LogP contribution in [0.15, 0.2) is 0 Å². The molecule has 1 rings (SSSR count). The van der Waals surface area contributed by atoms with E-state index in [2.05, 4.69) is 20.8 Å².